The Labute approximate surface area is 141 Å². The Balaban J connectivity index is 0.00000176. The van der Waals surface area contributed by atoms with Crippen molar-refractivity contribution in [1.82, 2.24) is 10.6 Å². The highest BCUT2D eigenvalue weighted by molar-refractivity contribution is 7.99. The lowest BCUT2D eigenvalue weighted by Crippen LogP contribution is -2.42. The highest BCUT2D eigenvalue weighted by Crippen LogP contribution is 2.47. The van der Waals surface area contributed by atoms with Crippen LogP contribution in [0.3, 0.4) is 0 Å². The monoisotopic (exact) mass is 344 g/mol. The average molecular weight is 345 g/mol. The molecule has 1 saturated heterocycles. The summed E-state index contributed by atoms with van der Waals surface area (Å²) in [6, 6.07) is 7.05. The SMILES string of the molecule is Cl.O=C(CC1CSCCN1)NCC1(c2cccc(F)c2)CC1. The Hall–Kier alpha value is -0.780. The van der Waals surface area contributed by atoms with E-state index < -0.39 is 0 Å². The van der Waals surface area contributed by atoms with E-state index in [1.165, 1.54) is 6.07 Å². The molecule has 0 spiro atoms. The number of hydrogen-bond donors (Lipinski definition) is 2. The predicted molar refractivity (Wildman–Crippen MR) is 91.3 cm³/mol. The van der Waals surface area contributed by atoms with Crippen LogP contribution in [-0.4, -0.2) is 36.5 Å². The summed E-state index contributed by atoms with van der Waals surface area (Å²) < 4.78 is 13.3. The van der Waals surface area contributed by atoms with E-state index in [2.05, 4.69) is 10.6 Å². The lowest BCUT2D eigenvalue weighted by Gasteiger charge is -2.23. The summed E-state index contributed by atoms with van der Waals surface area (Å²) in [6.45, 7) is 1.60. The van der Waals surface area contributed by atoms with E-state index in [1.807, 2.05) is 17.8 Å². The van der Waals surface area contributed by atoms with Crippen LogP contribution in [0.5, 0.6) is 0 Å². The van der Waals surface area contributed by atoms with Gasteiger partial charge >= 0.3 is 0 Å². The van der Waals surface area contributed by atoms with Gasteiger partial charge in [0.15, 0.2) is 0 Å². The Morgan fingerprint density at radius 1 is 1.45 bits per heavy atom. The Kier molecular flexibility index (Phi) is 6.12. The quantitative estimate of drug-likeness (QED) is 0.862. The maximum absolute atomic E-state index is 13.3. The largest absolute Gasteiger partial charge is 0.355 e. The van der Waals surface area contributed by atoms with Gasteiger partial charge in [0.1, 0.15) is 5.82 Å². The van der Waals surface area contributed by atoms with Gasteiger partial charge in [-0.3, -0.25) is 4.79 Å². The molecule has 0 bridgehead atoms. The van der Waals surface area contributed by atoms with Gasteiger partial charge in [-0.15, -0.1) is 12.4 Å². The molecule has 3 rings (SSSR count). The van der Waals surface area contributed by atoms with Crippen LogP contribution in [0.4, 0.5) is 4.39 Å². The molecule has 1 aliphatic heterocycles. The van der Waals surface area contributed by atoms with Crippen molar-refractivity contribution in [1.29, 1.82) is 0 Å². The highest BCUT2D eigenvalue weighted by Gasteiger charge is 2.44. The molecule has 0 aromatic heterocycles. The number of carbonyl (C=O) groups is 1. The fourth-order valence-corrected chi connectivity index (χ4v) is 3.80. The molecule has 2 fully saturated rings. The minimum Gasteiger partial charge on any atom is -0.355 e. The summed E-state index contributed by atoms with van der Waals surface area (Å²) >= 11 is 1.90. The van der Waals surface area contributed by atoms with E-state index in [0.717, 1.165) is 36.5 Å². The van der Waals surface area contributed by atoms with Crippen molar-refractivity contribution < 1.29 is 9.18 Å². The fraction of sp³-hybridized carbons (Fsp3) is 0.562. The van der Waals surface area contributed by atoms with Crippen LogP contribution in [0, 0.1) is 5.82 Å². The molecule has 1 atom stereocenters. The van der Waals surface area contributed by atoms with Crippen molar-refractivity contribution in [3.8, 4) is 0 Å². The molecule has 1 unspecified atom stereocenters. The van der Waals surface area contributed by atoms with Crippen molar-refractivity contribution in [3.05, 3.63) is 35.6 Å². The Bertz CT molecular complexity index is 519. The van der Waals surface area contributed by atoms with E-state index in [-0.39, 0.29) is 35.6 Å². The number of hydrogen-bond acceptors (Lipinski definition) is 3. The normalized spacial score (nSPS) is 22.5. The number of amides is 1. The minimum atomic E-state index is -0.200. The summed E-state index contributed by atoms with van der Waals surface area (Å²) in [6.07, 6.45) is 2.58. The number of rotatable bonds is 5. The summed E-state index contributed by atoms with van der Waals surface area (Å²) in [5, 5.41) is 6.41. The second-order valence-corrected chi connectivity index (χ2v) is 7.15. The van der Waals surface area contributed by atoms with Crippen molar-refractivity contribution in [2.45, 2.75) is 30.7 Å². The first-order valence-electron chi connectivity index (χ1n) is 7.52. The van der Waals surface area contributed by atoms with Crippen molar-refractivity contribution in [2.24, 2.45) is 0 Å². The standard InChI is InChI=1S/C16H21FN2OS.ClH/c17-13-3-1-2-12(8-13)16(4-5-16)11-19-15(20)9-14-10-21-7-6-18-14;/h1-3,8,14,18H,4-7,9-11H2,(H,19,20);1H. The third-order valence-corrected chi connectivity index (χ3v) is 5.48. The summed E-state index contributed by atoms with van der Waals surface area (Å²) in [4.78, 5) is 12.0. The van der Waals surface area contributed by atoms with Crippen molar-refractivity contribution in [3.63, 3.8) is 0 Å². The Morgan fingerprint density at radius 2 is 2.27 bits per heavy atom. The lowest BCUT2D eigenvalue weighted by atomic mass is 9.96. The van der Waals surface area contributed by atoms with E-state index in [0.29, 0.717) is 13.0 Å². The van der Waals surface area contributed by atoms with Crippen LogP contribution in [0.25, 0.3) is 0 Å². The topological polar surface area (TPSA) is 41.1 Å². The van der Waals surface area contributed by atoms with E-state index >= 15 is 0 Å². The van der Waals surface area contributed by atoms with Crippen LogP contribution < -0.4 is 10.6 Å². The minimum absolute atomic E-state index is 0. The second-order valence-electron chi connectivity index (χ2n) is 6.00. The van der Waals surface area contributed by atoms with Gasteiger partial charge in [-0.05, 0) is 30.5 Å². The third kappa shape index (κ3) is 4.37. The van der Waals surface area contributed by atoms with Gasteiger partial charge in [0.05, 0.1) is 0 Å². The van der Waals surface area contributed by atoms with Gasteiger partial charge in [0, 0.05) is 42.5 Å². The van der Waals surface area contributed by atoms with Crippen molar-refractivity contribution in [2.75, 3.05) is 24.6 Å². The highest BCUT2D eigenvalue weighted by atomic mass is 35.5. The van der Waals surface area contributed by atoms with Gasteiger partial charge in [-0.25, -0.2) is 4.39 Å². The number of thioether (sulfide) groups is 1. The molecular weight excluding hydrogens is 323 g/mol. The van der Waals surface area contributed by atoms with E-state index in [4.69, 9.17) is 0 Å². The van der Waals surface area contributed by atoms with Gasteiger partial charge in [0.2, 0.25) is 5.91 Å². The van der Waals surface area contributed by atoms with E-state index in [9.17, 15) is 9.18 Å². The number of nitrogens with one attached hydrogen (secondary N) is 2. The molecule has 3 nitrogen and oxygen atoms in total. The zero-order chi connectivity index (χ0) is 14.7. The molecule has 6 heteroatoms. The van der Waals surface area contributed by atoms with Gasteiger partial charge in [-0.1, -0.05) is 12.1 Å². The first-order valence-corrected chi connectivity index (χ1v) is 8.67. The maximum Gasteiger partial charge on any atom is 0.221 e. The second kappa shape index (κ2) is 7.66. The van der Waals surface area contributed by atoms with Gasteiger partial charge in [0.25, 0.3) is 0 Å². The molecule has 122 valence electrons. The van der Waals surface area contributed by atoms with Crippen LogP contribution in [0.15, 0.2) is 24.3 Å². The van der Waals surface area contributed by atoms with Gasteiger partial charge < -0.3 is 10.6 Å². The lowest BCUT2D eigenvalue weighted by molar-refractivity contribution is -0.121. The predicted octanol–water partition coefficient (Wildman–Crippen LogP) is 2.49. The Morgan fingerprint density at radius 3 is 2.91 bits per heavy atom. The van der Waals surface area contributed by atoms with Crippen LogP contribution in [0.1, 0.15) is 24.8 Å². The van der Waals surface area contributed by atoms with E-state index in [1.54, 1.807) is 12.1 Å². The van der Waals surface area contributed by atoms with Crippen LogP contribution in [-0.2, 0) is 10.2 Å². The molecule has 0 radical (unpaired) electrons. The first kappa shape index (κ1) is 17.6. The smallest absolute Gasteiger partial charge is 0.221 e. The van der Waals surface area contributed by atoms with Crippen LogP contribution >= 0.6 is 24.2 Å². The molecule has 1 aromatic carbocycles. The number of carbonyl (C=O) groups excluding carboxylic acids is 1. The molecular formula is C16H22ClFN2OS. The van der Waals surface area contributed by atoms with Crippen molar-refractivity contribution >= 4 is 30.1 Å². The molecule has 1 saturated carbocycles. The van der Waals surface area contributed by atoms with Gasteiger partial charge in [-0.2, -0.15) is 11.8 Å². The molecule has 2 N–H and O–H groups in total. The number of halogens is 2. The molecule has 22 heavy (non-hydrogen) atoms. The average Bonchev–Trinajstić information content (AvgIpc) is 3.28. The van der Waals surface area contributed by atoms with Crippen LogP contribution in [0.2, 0.25) is 0 Å². The fourth-order valence-electron chi connectivity index (χ4n) is 2.85. The molecule has 2 aliphatic rings. The molecule has 1 aromatic rings. The summed E-state index contributed by atoms with van der Waals surface area (Å²) in [7, 11) is 0. The first-order chi connectivity index (χ1) is 10.2. The molecule has 1 heterocycles. The zero-order valence-corrected chi connectivity index (χ0v) is 14.1. The third-order valence-electron chi connectivity index (χ3n) is 4.34. The summed E-state index contributed by atoms with van der Waals surface area (Å²) in [5.74, 6) is 2.02. The number of benzene rings is 1. The zero-order valence-electron chi connectivity index (χ0n) is 12.4. The summed E-state index contributed by atoms with van der Waals surface area (Å²) in [5.41, 5.74) is 0.973. The maximum atomic E-state index is 13.3. The molecule has 1 amide bonds. The molecule has 1 aliphatic carbocycles.